The van der Waals surface area contributed by atoms with E-state index in [4.69, 9.17) is 24.7 Å². The number of ether oxygens (including phenoxy) is 4. The summed E-state index contributed by atoms with van der Waals surface area (Å²) >= 11 is 0. The van der Waals surface area contributed by atoms with Gasteiger partial charge in [0.25, 0.3) is 0 Å². The number of nitrogens with two attached hydrogens (primary N) is 1. The quantitative estimate of drug-likeness (QED) is 0.235. The third-order valence-electron chi connectivity index (χ3n) is 5.03. The minimum Gasteiger partial charge on any atom is -0.457 e. The summed E-state index contributed by atoms with van der Waals surface area (Å²) < 4.78 is 24.2. The van der Waals surface area contributed by atoms with Gasteiger partial charge in [-0.3, -0.25) is 0 Å². The zero-order valence-corrected chi connectivity index (χ0v) is 18.8. The smallest absolute Gasteiger partial charge is 0.170 e. The van der Waals surface area contributed by atoms with Gasteiger partial charge in [-0.2, -0.15) is 0 Å². The number of nitrogen functional groups attached to an aromatic ring is 1. The van der Waals surface area contributed by atoms with Crippen molar-refractivity contribution in [1.82, 2.24) is 0 Å². The molecule has 172 valence electrons. The fourth-order valence-electron chi connectivity index (χ4n) is 3.39. The van der Waals surface area contributed by atoms with Crippen LogP contribution in [0.1, 0.15) is 0 Å². The van der Waals surface area contributed by atoms with Crippen molar-refractivity contribution in [2.24, 2.45) is 0 Å². The SMILES string of the molecule is Nc1cccc(Oc2ccc(Oc3ccccc3Oc3ccccc3Oc3ccccc3)cc2)c1. The van der Waals surface area contributed by atoms with Gasteiger partial charge in [0, 0.05) is 11.8 Å². The third-order valence-corrected chi connectivity index (χ3v) is 5.03. The zero-order chi connectivity index (χ0) is 23.9. The van der Waals surface area contributed by atoms with E-state index in [2.05, 4.69) is 0 Å². The van der Waals surface area contributed by atoms with Crippen LogP contribution in [0.15, 0.2) is 127 Å². The molecular weight excluding hydrogens is 438 g/mol. The van der Waals surface area contributed by atoms with E-state index in [9.17, 15) is 0 Å². The first-order valence-electron chi connectivity index (χ1n) is 11.1. The summed E-state index contributed by atoms with van der Waals surface area (Å²) in [4.78, 5) is 0. The Kier molecular flexibility index (Phi) is 6.49. The lowest BCUT2D eigenvalue weighted by Crippen LogP contribution is -1.93. The van der Waals surface area contributed by atoms with Crippen molar-refractivity contribution in [2.45, 2.75) is 0 Å². The lowest BCUT2D eigenvalue weighted by Gasteiger charge is -2.15. The Morgan fingerprint density at radius 2 is 0.771 bits per heavy atom. The van der Waals surface area contributed by atoms with Gasteiger partial charge in [-0.25, -0.2) is 0 Å². The molecule has 0 heterocycles. The molecular formula is C30H23NO4. The third kappa shape index (κ3) is 5.72. The lowest BCUT2D eigenvalue weighted by atomic mass is 10.2. The average molecular weight is 462 g/mol. The largest absolute Gasteiger partial charge is 0.457 e. The number of anilines is 1. The van der Waals surface area contributed by atoms with E-state index in [1.165, 1.54) is 0 Å². The zero-order valence-electron chi connectivity index (χ0n) is 18.8. The van der Waals surface area contributed by atoms with Crippen molar-refractivity contribution >= 4 is 5.69 Å². The van der Waals surface area contributed by atoms with E-state index in [-0.39, 0.29) is 0 Å². The van der Waals surface area contributed by atoms with E-state index >= 15 is 0 Å². The van der Waals surface area contributed by atoms with Crippen LogP contribution in [0.4, 0.5) is 5.69 Å². The van der Waals surface area contributed by atoms with E-state index < -0.39 is 0 Å². The highest BCUT2D eigenvalue weighted by molar-refractivity contribution is 5.50. The van der Waals surface area contributed by atoms with Crippen LogP contribution in [-0.2, 0) is 0 Å². The van der Waals surface area contributed by atoms with Crippen molar-refractivity contribution in [3.05, 3.63) is 127 Å². The highest BCUT2D eigenvalue weighted by atomic mass is 16.5. The molecule has 5 heteroatoms. The Balaban J connectivity index is 1.31. The Morgan fingerprint density at radius 1 is 0.343 bits per heavy atom. The second-order valence-corrected chi connectivity index (χ2v) is 7.66. The molecule has 0 saturated carbocycles. The Hall–Kier alpha value is -4.90. The monoisotopic (exact) mass is 461 g/mol. The standard InChI is InChI=1S/C30H23NO4/c31-22-9-8-12-26(21-22)32-24-17-19-25(20-18-24)34-28-14-5-7-16-30(28)35-29-15-6-4-13-27(29)33-23-10-2-1-3-11-23/h1-21H,31H2. The summed E-state index contributed by atoms with van der Waals surface area (Å²) in [6.45, 7) is 0. The lowest BCUT2D eigenvalue weighted by molar-refractivity contribution is 0.394. The van der Waals surface area contributed by atoms with Crippen LogP contribution in [-0.4, -0.2) is 0 Å². The van der Waals surface area contributed by atoms with Gasteiger partial charge in [-0.1, -0.05) is 48.5 Å². The number of hydrogen-bond donors (Lipinski definition) is 1. The second kappa shape index (κ2) is 10.4. The number of benzene rings is 5. The van der Waals surface area contributed by atoms with E-state index in [1.807, 2.05) is 121 Å². The molecule has 0 aromatic heterocycles. The van der Waals surface area contributed by atoms with Crippen molar-refractivity contribution in [3.8, 4) is 46.0 Å². The molecule has 0 aliphatic heterocycles. The fraction of sp³-hybridized carbons (Fsp3) is 0. The molecule has 5 nitrogen and oxygen atoms in total. The van der Waals surface area contributed by atoms with Crippen LogP contribution in [0, 0.1) is 0 Å². The van der Waals surface area contributed by atoms with Crippen molar-refractivity contribution in [2.75, 3.05) is 5.73 Å². The van der Waals surface area contributed by atoms with Gasteiger partial charge in [-0.05, 0) is 72.8 Å². The minimum absolute atomic E-state index is 0.566. The molecule has 0 amide bonds. The van der Waals surface area contributed by atoms with Gasteiger partial charge in [-0.15, -0.1) is 0 Å². The first-order valence-corrected chi connectivity index (χ1v) is 11.1. The molecule has 5 rings (SSSR count). The molecule has 0 aliphatic rings. The minimum atomic E-state index is 0.566. The van der Waals surface area contributed by atoms with Crippen molar-refractivity contribution < 1.29 is 18.9 Å². The first kappa shape index (κ1) is 21.9. The van der Waals surface area contributed by atoms with Crippen LogP contribution in [0.2, 0.25) is 0 Å². The van der Waals surface area contributed by atoms with Gasteiger partial charge in [0.15, 0.2) is 23.0 Å². The van der Waals surface area contributed by atoms with Crippen LogP contribution < -0.4 is 24.7 Å². The maximum absolute atomic E-state index is 6.21. The number of hydrogen-bond acceptors (Lipinski definition) is 5. The molecule has 0 spiro atoms. The highest BCUT2D eigenvalue weighted by Crippen LogP contribution is 2.39. The molecule has 5 aromatic rings. The molecule has 2 N–H and O–H groups in total. The van der Waals surface area contributed by atoms with E-state index in [1.54, 1.807) is 6.07 Å². The van der Waals surface area contributed by atoms with Crippen LogP contribution in [0.5, 0.6) is 46.0 Å². The normalized spacial score (nSPS) is 10.4. The topological polar surface area (TPSA) is 62.9 Å². The van der Waals surface area contributed by atoms with Crippen molar-refractivity contribution in [3.63, 3.8) is 0 Å². The fourth-order valence-corrected chi connectivity index (χ4v) is 3.39. The molecule has 5 aromatic carbocycles. The summed E-state index contributed by atoms with van der Waals surface area (Å²) in [5, 5.41) is 0. The molecule has 0 atom stereocenters. The predicted octanol–water partition coefficient (Wildman–Crippen LogP) is 8.44. The van der Waals surface area contributed by atoms with Crippen LogP contribution in [0.25, 0.3) is 0 Å². The molecule has 0 aliphatic carbocycles. The molecule has 0 fully saturated rings. The summed E-state index contributed by atoms with van der Waals surface area (Å²) in [6.07, 6.45) is 0. The maximum Gasteiger partial charge on any atom is 0.170 e. The summed E-state index contributed by atoms with van der Waals surface area (Å²) in [7, 11) is 0. The molecule has 0 saturated heterocycles. The van der Waals surface area contributed by atoms with E-state index in [0.717, 1.165) is 5.75 Å². The van der Waals surface area contributed by atoms with E-state index in [0.29, 0.717) is 45.9 Å². The summed E-state index contributed by atoms with van der Waals surface area (Å²) in [5.74, 6) is 5.06. The van der Waals surface area contributed by atoms with Gasteiger partial charge in [0.05, 0.1) is 0 Å². The molecule has 0 bridgehead atoms. The summed E-state index contributed by atoms with van der Waals surface area (Å²) in [6, 6.07) is 39.3. The number of rotatable bonds is 8. The van der Waals surface area contributed by atoms with Gasteiger partial charge < -0.3 is 24.7 Å². The van der Waals surface area contributed by atoms with Crippen molar-refractivity contribution in [1.29, 1.82) is 0 Å². The average Bonchev–Trinajstić information content (AvgIpc) is 2.88. The highest BCUT2D eigenvalue weighted by Gasteiger charge is 2.12. The summed E-state index contributed by atoms with van der Waals surface area (Å²) in [5.41, 5.74) is 6.47. The Labute approximate surface area is 203 Å². The van der Waals surface area contributed by atoms with Crippen LogP contribution in [0.3, 0.4) is 0 Å². The Bertz CT molecular complexity index is 1400. The van der Waals surface area contributed by atoms with Crippen LogP contribution >= 0.6 is 0 Å². The first-order chi connectivity index (χ1) is 17.2. The predicted molar refractivity (Wildman–Crippen MR) is 137 cm³/mol. The van der Waals surface area contributed by atoms with Gasteiger partial charge in [0.1, 0.15) is 23.0 Å². The van der Waals surface area contributed by atoms with Gasteiger partial charge in [0.2, 0.25) is 0 Å². The molecule has 0 unspecified atom stereocenters. The number of para-hydroxylation sites is 5. The maximum atomic E-state index is 6.21. The molecule has 35 heavy (non-hydrogen) atoms. The van der Waals surface area contributed by atoms with Gasteiger partial charge >= 0.3 is 0 Å². The molecule has 0 radical (unpaired) electrons. The second-order valence-electron chi connectivity index (χ2n) is 7.66. The Morgan fingerprint density at radius 3 is 1.31 bits per heavy atom.